The van der Waals surface area contributed by atoms with Crippen molar-refractivity contribution in [3.63, 3.8) is 0 Å². The fourth-order valence-corrected chi connectivity index (χ4v) is 2.51. The third-order valence-electron chi connectivity index (χ3n) is 2.75. The number of hydrogen-bond donors (Lipinski definition) is 0. The maximum Gasteiger partial charge on any atom is 0.0814 e. The number of aryl methyl sites for hydroxylation is 1. The molecule has 2 rings (SSSR count). The van der Waals surface area contributed by atoms with E-state index in [9.17, 15) is 0 Å². The molecule has 0 fully saturated rings. The zero-order chi connectivity index (χ0) is 12.3. The van der Waals surface area contributed by atoms with Crippen LogP contribution in [0.3, 0.4) is 0 Å². The minimum atomic E-state index is 0.409. The van der Waals surface area contributed by atoms with Crippen LogP contribution >= 0.6 is 27.5 Å². The smallest absolute Gasteiger partial charge is 0.0814 e. The molecule has 4 heteroatoms. The Morgan fingerprint density at radius 3 is 2.59 bits per heavy atom. The number of hydrogen-bond acceptors (Lipinski definition) is 1. The molecule has 0 aliphatic carbocycles. The van der Waals surface area contributed by atoms with Gasteiger partial charge in [-0.05, 0) is 12.5 Å². The maximum atomic E-state index is 6.01. The largest absolute Gasteiger partial charge is 0.270 e. The summed E-state index contributed by atoms with van der Waals surface area (Å²) in [5.74, 6) is 0.409. The molecule has 0 spiro atoms. The van der Waals surface area contributed by atoms with Crippen molar-refractivity contribution in [2.24, 2.45) is 0 Å². The molecule has 1 aromatic carbocycles. The topological polar surface area (TPSA) is 17.8 Å². The Labute approximate surface area is 115 Å². The highest BCUT2D eigenvalue weighted by Gasteiger charge is 2.12. The predicted molar refractivity (Wildman–Crippen MR) is 75.0 cm³/mol. The van der Waals surface area contributed by atoms with Gasteiger partial charge in [0.15, 0.2) is 0 Å². The van der Waals surface area contributed by atoms with Crippen LogP contribution in [-0.4, -0.2) is 15.1 Å². The van der Waals surface area contributed by atoms with Crippen molar-refractivity contribution in [2.45, 2.75) is 19.4 Å². The first-order valence-corrected chi connectivity index (χ1v) is 7.01. The van der Waals surface area contributed by atoms with E-state index in [1.807, 2.05) is 23.9 Å². The number of nitrogens with zero attached hydrogens (tertiary/aromatic N) is 2. The lowest BCUT2D eigenvalue weighted by atomic mass is 10.0. The molecule has 1 heterocycles. The SMILES string of the molecule is Cc1nn(CC(CBr)c2ccccc2)cc1Cl. The van der Waals surface area contributed by atoms with Gasteiger partial charge in [-0.3, -0.25) is 4.68 Å². The van der Waals surface area contributed by atoms with Crippen LogP contribution in [0.5, 0.6) is 0 Å². The van der Waals surface area contributed by atoms with Crippen LogP contribution in [0.4, 0.5) is 0 Å². The van der Waals surface area contributed by atoms with Crippen LogP contribution in [-0.2, 0) is 6.54 Å². The summed E-state index contributed by atoms with van der Waals surface area (Å²) in [6, 6.07) is 10.4. The van der Waals surface area contributed by atoms with Crippen molar-refractivity contribution < 1.29 is 0 Å². The minimum absolute atomic E-state index is 0.409. The quantitative estimate of drug-likeness (QED) is 0.779. The van der Waals surface area contributed by atoms with Crippen LogP contribution in [0, 0.1) is 6.92 Å². The van der Waals surface area contributed by atoms with Crippen LogP contribution in [0.1, 0.15) is 17.2 Å². The molecule has 2 nitrogen and oxygen atoms in total. The Morgan fingerprint density at radius 2 is 2.06 bits per heavy atom. The number of benzene rings is 1. The van der Waals surface area contributed by atoms with E-state index in [2.05, 4.69) is 45.3 Å². The summed E-state index contributed by atoms with van der Waals surface area (Å²) in [4.78, 5) is 0. The van der Waals surface area contributed by atoms with Crippen LogP contribution in [0.2, 0.25) is 5.02 Å². The highest BCUT2D eigenvalue weighted by molar-refractivity contribution is 9.09. The van der Waals surface area contributed by atoms with E-state index in [0.29, 0.717) is 5.92 Å². The molecule has 1 atom stereocenters. The van der Waals surface area contributed by atoms with Gasteiger partial charge in [0.2, 0.25) is 0 Å². The molecule has 0 aliphatic heterocycles. The number of alkyl halides is 1. The van der Waals surface area contributed by atoms with Gasteiger partial charge in [0.1, 0.15) is 0 Å². The lowest BCUT2D eigenvalue weighted by Crippen LogP contribution is -2.11. The fourth-order valence-electron chi connectivity index (χ4n) is 1.78. The Kier molecular flexibility index (Phi) is 4.24. The molecule has 0 bridgehead atoms. The minimum Gasteiger partial charge on any atom is -0.270 e. The van der Waals surface area contributed by atoms with Crippen molar-refractivity contribution >= 4 is 27.5 Å². The molecule has 2 aromatic rings. The van der Waals surface area contributed by atoms with Gasteiger partial charge in [-0.15, -0.1) is 0 Å². The van der Waals surface area contributed by atoms with Gasteiger partial charge in [-0.25, -0.2) is 0 Å². The summed E-state index contributed by atoms with van der Waals surface area (Å²) < 4.78 is 1.91. The summed E-state index contributed by atoms with van der Waals surface area (Å²) in [5, 5.41) is 6.03. The number of halogens is 2. The molecular formula is C13H14BrClN2. The van der Waals surface area contributed by atoms with Crippen molar-refractivity contribution in [2.75, 3.05) is 5.33 Å². The third-order valence-corrected chi connectivity index (χ3v) is 3.90. The van der Waals surface area contributed by atoms with E-state index in [0.717, 1.165) is 22.6 Å². The molecule has 17 heavy (non-hydrogen) atoms. The standard InChI is InChI=1S/C13H14BrClN2/c1-10-13(15)9-17(16-10)8-12(7-14)11-5-3-2-4-6-11/h2-6,9,12H,7-8H2,1H3. The zero-order valence-electron chi connectivity index (χ0n) is 9.61. The van der Waals surface area contributed by atoms with Gasteiger partial charge in [-0.1, -0.05) is 57.9 Å². The van der Waals surface area contributed by atoms with Gasteiger partial charge >= 0.3 is 0 Å². The monoisotopic (exact) mass is 312 g/mol. The first-order valence-electron chi connectivity index (χ1n) is 5.51. The number of aromatic nitrogens is 2. The second-order valence-electron chi connectivity index (χ2n) is 4.05. The Hall–Kier alpha value is -0.800. The lowest BCUT2D eigenvalue weighted by molar-refractivity contribution is 0.547. The lowest BCUT2D eigenvalue weighted by Gasteiger charge is -2.14. The molecule has 0 N–H and O–H groups in total. The van der Waals surface area contributed by atoms with Crippen LogP contribution in [0.25, 0.3) is 0 Å². The second-order valence-corrected chi connectivity index (χ2v) is 5.10. The van der Waals surface area contributed by atoms with E-state index in [-0.39, 0.29) is 0 Å². The van der Waals surface area contributed by atoms with Crippen molar-refractivity contribution in [1.82, 2.24) is 9.78 Å². The molecule has 0 aliphatic rings. The normalized spacial score (nSPS) is 12.6. The van der Waals surface area contributed by atoms with Gasteiger partial charge in [0.25, 0.3) is 0 Å². The van der Waals surface area contributed by atoms with Crippen LogP contribution < -0.4 is 0 Å². The molecular weight excluding hydrogens is 300 g/mol. The Bertz CT molecular complexity index is 462. The Balaban J connectivity index is 2.15. The van der Waals surface area contributed by atoms with Crippen molar-refractivity contribution in [3.8, 4) is 0 Å². The molecule has 0 radical (unpaired) electrons. The zero-order valence-corrected chi connectivity index (χ0v) is 11.9. The number of rotatable bonds is 4. The summed E-state index contributed by atoms with van der Waals surface area (Å²) in [6.45, 7) is 2.76. The van der Waals surface area contributed by atoms with E-state index >= 15 is 0 Å². The van der Waals surface area contributed by atoms with E-state index in [4.69, 9.17) is 11.6 Å². The van der Waals surface area contributed by atoms with Gasteiger partial charge in [-0.2, -0.15) is 5.10 Å². The predicted octanol–water partition coefficient (Wildman–Crippen LogP) is 4.02. The molecule has 1 unspecified atom stereocenters. The molecule has 0 amide bonds. The van der Waals surface area contributed by atoms with Crippen molar-refractivity contribution in [3.05, 3.63) is 52.8 Å². The van der Waals surface area contributed by atoms with Crippen molar-refractivity contribution in [1.29, 1.82) is 0 Å². The fraction of sp³-hybridized carbons (Fsp3) is 0.308. The highest BCUT2D eigenvalue weighted by Crippen LogP contribution is 2.21. The van der Waals surface area contributed by atoms with Gasteiger partial charge in [0, 0.05) is 24.0 Å². The Morgan fingerprint density at radius 1 is 1.35 bits per heavy atom. The first-order chi connectivity index (χ1) is 8.20. The van der Waals surface area contributed by atoms with E-state index < -0.39 is 0 Å². The molecule has 90 valence electrons. The maximum absolute atomic E-state index is 6.01. The summed E-state index contributed by atoms with van der Waals surface area (Å²) >= 11 is 9.57. The van der Waals surface area contributed by atoms with Gasteiger partial charge < -0.3 is 0 Å². The van der Waals surface area contributed by atoms with E-state index in [1.54, 1.807) is 0 Å². The van der Waals surface area contributed by atoms with Gasteiger partial charge in [0.05, 0.1) is 10.7 Å². The first kappa shape index (κ1) is 12.7. The summed E-state index contributed by atoms with van der Waals surface area (Å²) in [7, 11) is 0. The average molecular weight is 314 g/mol. The summed E-state index contributed by atoms with van der Waals surface area (Å²) in [6.07, 6.45) is 1.88. The highest BCUT2D eigenvalue weighted by atomic mass is 79.9. The van der Waals surface area contributed by atoms with Crippen LogP contribution in [0.15, 0.2) is 36.5 Å². The molecule has 0 saturated heterocycles. The second kappa shape index (κ2) is 5.69. The van der Waals surface area contributed by atoms with E-state index in [1.165, 1.54) is 5.56 Å². The third kappa shape index (κ3) is 3.11. The molecule has 0 saturated carbocycles. The molecule has 1 aromatic heterocycles. The summed E-state index contributed by atoms with van der Waals surface area (Å²) in [5.41, 5.74) is 2.20. The average Bonchev–Trinajstić information content (AvgIpc) is 2.67.